The first kappa shape index (κ1) is 15.3. The molecule has 0 N–H and O–H groups in total. The summed E-state index contributed by atoms with van der Waals surface area (Å²) >= 11 is 0. The molecule has 1 unspecified atom stereocenters. The number of aromatic nitrogens is 4. The number of tetrazole rings is 1. The van der Waals surface area contributed by atoms with Crippen molar-refractivity contribution < 1.29 is 9.53 Å². The van der Waals surface area contributed by atoms with Gasteiger partial charge in [-0.25, -0.2) is 0 Å². The minimum atomic E-state index is -0.467. The van der Waals surface area contributed by atoms with Gasteiger partial charge in [0.2, 0.25) is 11.7 Å². The third-order valence-electron chi connectivity index (χ3n) is 4.99. The first-order valence-corrected chi connectivity index (χ1v) is 8.45. The van der Waals surface area contributed by atoms with Crippen molar-refractivity contribution in [2.75, 3.05) is 19.7 Å². The van der Waals surface area contributed by atoms with Crippen LogP contribution in [0.25, 0.3) is 11.4 Å². The summed E-state index contributed by atoms with van der Waals surface area (Å²) in [5, 5.41) is 12.5. The highest BCUT2D eigenvalue weighted by molar-refractivity contribution is 5.80. The van der Waals surface area contributed by atoms with Gasteiger partial charge in [0, 0.05) is 18.7 Å². The maximum atomic E-state index is 12.8. The van der Waals surface area contributed by atoms with Crippen molar-refractivity contribution in [3.63, 3.8) is 0 Å². The van der Waals surface area contributed by atoms with Gasteiger partial charge in [-0.15, -0.1) is 10.2 Å². The molecule has 1 aliphatic heterocycles. The van der Waals surface area contributed by atoms with E-state index < -0.39 is 6.04 Å². The maximum Gasteiger partial charge on any atom is 0.249 e. The van der Waals surface area contributed by atoms with E-state index in [1.54, 1.807) is 0 Å². The predicted octanol–water partition coefficient (Wildman–Crippen LogP) is 1.68. The van der Waals surface area contributed by atoms with Crippen LogP contribution in [0.2, 0.25) is 0 Å². The fraction of sp³-hybridized carbons (Fsp3) is 0.529. The SMILES string of the molecule is CC(C(=O)N1CCOC2(CCC2)C1)n1nnc(-c2ccccc2)n1. The van der Waals surface area contributed by atoms with Gasteiger partial charge in [0.05, 0.1) is 12.2 Å². The minimum absolute atomic E-state index is 0.0292. The third kappa shape index (κ3) is 2.69. The van der Waals surface area contributed by atoms with E-state index in [1.807, 2.05) is 42.2 Å². The summed E-state index contributed by atoms with van der Waals surface area (Å²) < 4.78 is 5.88. The van der Waals surface area contributed by atoms with E-state index in [4.69, 9.17) is 4.74 Å². The topological polar surface area (TPSA) is 73.1 Å². The summed E-state index contributed by atoms with van der Waals surface area (Å²) in [6.45, 7) is 3.74. The molecule has 2 aromatic rings. The normalized spacial score (nSPS) is 20.6. The average Bonchev–Trinajstić information content (AvgIpc) is 3.10. The summed E-state index contributed by atoms with van der Waals surface area (Å²) in [5.41, 5.74) is 0.793. The number of nitrogens with zero attached hydrogens (tertiary/aromatic N) is 5. The quantitative estimate of drug-likeness (QED) is 0.857. The summed E-state index contributed by atoms with van der Waals surface area (Å²) in [5.74, 6) is 0.564. The highest BCUT2D eigenvalue weighted by atomic mass is 16.5. The molecule has 1 amide bonds. The van der Waals surface area contributed by atoms with Crippen LogP contribution in [0.15, 0.2) is 30.3 Å². The molecule has 1 saturated heterocycles. The van der Waals surface area contributed by atoms with Gasteiger partial charge in [-0.2, -0.15) is 4.80 Å². The smallest absolute Gasteiger partial charge is 0.249 e. The molecule has 1 saturated carbocycles. The molecule has 1 aromatic heterocycles. The molecule has 24 heavy (non-hydrogen) atoms. The predicted molar refractivity (Wildman–Crippen MR) is 87.1 cm³/mol. The number of carbonyl (C=O) groups is 1. The van der Waals surface area contributed by atoms with Gasteiger partial charge in [0.15, 0.2) is 0 Å². The molecule has 1 spiro atoms. The largest absolute Gasteiger partial charge is 0.371 e. The highest BCUT2D eigenvalue weighted by Crippen LogP contribution is 2.38. The van der Waals surface area contributed by atoms with Crippen molar-refractivity contribution in [2.24, 2.45) is 0 Å². The van der Waals surface area contributed by atoms with Crippen LogP contribution in [-0.4, -0.2) is 56.3 Å². The molecule has 2 fully saturated rings. The molecule has 0 radical (unpaired) electrons. The molecule has 126 valence electrons. The van der Waals surface area contributed by atoms with Crippen LogP contribution in [0.1, 0.15) is 32.2 Å². The molecule has 7 heteroatoms. The van der Waals surface area contributed by atoms with E-state index in [-0.39, 0.29) is 11.5 Å². The number of carbonyl (C=O) groups excluding carboxylic acids is 1. The molecular weight excluding hydrogens is 306 g/mol. The highest BCUT2D eigenvalue weighted by Gasteiger charge is 2.44. The van der Waals surface area contributed by atoms with E-state index in [1.165, 1.54) is 11.2 Å². The lowest BCUT2D eigenvalue weighted by atomic mass is 9.79. The van der Waals surface area contributed by atoms with Gasteiger partial charge >= 0.3 is 0 Å². The molecule has 7 nitrogen and oxygen atoms in total. The first-order valence-electron chi connectivity index (χ1n) is 8.45. The van der Waals surface area contributed by atoms with Crippen molar-refractivity contribution in [1.82, 2.24) is 25.1 Å². The van der Waals surface area contributed by atoms with Crippen molar-refractivity contribution in [1.29, 1.82) is 0 Å². The zero-order chi connectivity index (χ0) is 16.6. The van der Waals surface area contributed by atoms with Crippen molar-refractivity contribution in [2.45, 2.75) is 37.8 Å². The Morgan fingerprint density at radius 3 is 2.79 bits per heavy atom. The Kier molecular flexibility index (Phi) is 3.80. The van der Waals surface area contributed by atoms with Crippen molar-refractivity contribution in [3.05, 3.63) is 30.3 Å². The number of morpholine rings is 1. The summed E-state index contributed by atoms with van der Waals surface area (Å²) in [6.07, 6.45) is 3.28. The minimum Gasteiger partial charge on any atom is -0.371 e. The zero-order valence-electron chi connectivity index (χ0n) is 13.8. The number of ether oxygens (including phenoxy) is 1. The Morgan fingerprint density at radius 2 is 2.08 bits per heavy atom. The van der Waals surface area contributed by atoms with Crippen LogP contribution in [0.3, 0.4) is 0 Å². The number of benzene rings is 1. The summed E-state index contributed by atoms with van der Waals surface area (Å²) in [6, 6.07) is 9.18. The lowest BCUT2D eigenvalue weighted by molar-refractivity contribution is -0.170. The average molecular weight is 327 g/mol. The molecule has 1 aliphatic carbocycles. The Hall–Kier alpha value is -2.28. The lowest BCUT2D eigenvalue weighted by Gasteiger charge is -2.48. The summed E-state index contributed by atoms with van der Waals surface area (Å²) in [7, 11) is 0. The van der Waals surface area contributed by atoms with Crippen LogP contribution in [0, 0.1) is 0 Å². The first-order chi connectivity index (χ1) is 11.7. The van der Waals surface area contributed by atoms with Crippen LogP contribution >= 0.6 is 0 Å². The van der Waals surface area contributed by atoms with Crippen LogP contribution < -0.4 is 0 Å². The maximum absolute atomic E-state index is 12.8. The van der Waals surface area contributed by atoms with Crippen LogP contribution in [0.4, 0.5) is 0 Å². The Bertz CT molecular complexity index is 726. The fourth-order valence-corrected chi connectivity index (χ4v) is 3.36. The second-order valence-electron chi connectivity index (χ2n) is 6.62. The van der Waals surface area contributed by atoms with Gasteiger partial charge in [0.25, 0.3) is 0 Å². The van der Waals surface area contributed by atoms with Gasteiger partial charge in [-0.1, -0.05) is 30.3 Å². The van der Waals surface area contributed by atoms with E-state index >= 15 is 0 Å². The third-order valence-corrected chi connectivity index (χ3v) is 4.99. The standard InChI is InChI=1S/C17H21N5O2/c1-13(16(23)21-10-11-24-17(12-21)8-5-9-17)22-19-15(18-20-22)14-6-3-2-4-7-14/h2-4,6-7,13H,5,8-12H2,1H3. The van der Waals surface area contributed by atoms with Crippen molar-refractivity contribution >= 4 is 5.91 Å². The van der Waals surface area contributed by atoms with Gasteiger partial charge in [0.1, 0.15) is 6.04 Å². The van der Waals surface area contributed by atoms with E-state index in [0.717, 1.165) is 18.4 Å². The number of hydrogen-bond acceptors (Lipinski definition) is 5. The monoisotopic (exact) mass is 327 g/mol. The molecule has 4 rings (SSSR count). The second-order valence-corrected chi connectivity index (χ2v) is 6.62. The lowest BCUT2D eigenvalue weighted by Crippen LogP contribution is -2.57. The van der Waals surface area contributed by atoms with E-state index in [2.05, 4.69) is 15.4 Å². The molecule has 2 heterocycles. The van der Waals surface area contributed by atoms with Gasteiger partial charge in [-0.05, 0) is 31.4 Å². The van der Waals surface area contributed by atoms with Gasteiger partial charge in [-0.3, -0.25) is 4.79 Å². The molecule has 1 atom stereocenters. The number of rotatable bonds is 3. The number of hydrogen-bond donors (Lipinski definition) is 0. The Labute approximate surface area is 140 Å². The number of amides is 1. The van der Waals surface area contributed by atoms with Crippen molar-refractivity contribution in [3.8, 4) is 11.4 Å². The molecular formula is C17H21N5O2. The fourth-order valence-electron chi connectivity index (χ4n) is 3.36. The summed E-state index contributed by atoms with van der Waals surface area (Å²) in [4.78, 5) is 16.1. The van der Waals surface area contributed by atoms with Crippen LogP contribution in [0.5, 0.6) is 0 Å². The van der Waals surface area contributed by atoms with E-state index in [9.17, 15) is 4.79 Å². The molecule has 2 aliphatic rings. The molecule has 1 aromatic carbocycles. The van der Waals surface area contributed by atoms with Gasteiger partial charge < -0.3 is 9.64 Å². The second kappa shape index (κ2) is 5.98. The Balaban J connectivity index is 1.48. The molecule has 0 bridgehead atoms. The van der Waals surface area contributed by atoms with E-state index in [0.29, 0.717) is 25.5 Å². The van der Waals surface area contributed by atoms with Crippen LogP contribution in [-0.2, 0) is 9.53 Å². The zero-order valence-corrected chi connectivity index (χ0v) is 13.8. The Morgan fingerprint density at radius 1 is 1.29 bits per heavy atom.